The van der Waals surface area contributed by atoms with Crippen LogP contribution in [-0.2, 0) is 30.3 Å². The molecule has 9 heteroatoms. The second-order valence-corrected chi connectivity index (χ2v) is 13.1. The smallest absolute Gasteiger partial charge is 0.306 e. The van der Waals surface area contributed by atoms with Gasteiger partial charge in [-0.15, -0.1) is 0 Å². The van der Waals surface area contributed by atoms with Gasteiger partial charge in [0.05, 0.1) is 19.6 Å². The number of benzene rings is 1. The lowest BCUT2D eigenvalue weighted by atomic mass is 9.46. The second-order valence-electron chi connectivity index (χ2n) is 13.1. The van der Waals surface area contributed by atoms with E-state index in [1.54, 1.807) is 19.3 Å². The molecule has 0 aliphatic heterocycles. The molecule has 4 aliphatic carbocycles. The van der Waals surface area contributed by atoms with Gasteiger partial charge >= 0.3 is 5.97 Å². The standard InChI is InChI=1S/C34H43NO8/c1-32-15-12-23(36)18-22(32)6-9-25-26-13-16-34(41,33(26,2)19-27(37)31(25)32)28(38)20-43-30(40)11-10-29(39)35-17-14-21-4-7-24(42-3)8-5-21/h4-5,7-8,12,15,18,25-27,31,37,41H,6,9-11,13-14,16-17,19-20H2,1-3H3,(H,35,39)/t25-,26+,27+,31+,32-,33-,34-/m0/s1. The Hall–Kier alpha value is -3.30. The summed E-state index contributed by atoms with van der Waals surface area (Å²) in [7, 11) is 1.60. The van der Waals surface area contributed by atoms with E-state index < -0.39 is 40.9 Å². The van der Waals surface area contributed by atoms with Gasteiger partial charge in [0.15, 0.2) is 12.4 Å². The molecule has 1 aromatic rings. The molecule has 0 saturated heterocycles. The zero-order valence-electron chi connectivity index (χ0n) is 25.3. The number of hydrogen-bond donors (Lipinski definition) is 3. The number of methoxy groups -OCH3 is 1. The van der Waals surface area contributed by atoms with Gasteiger partial charge in [-0.1, -0.05) is 37.6 Å². The fourth-order valence-electron chi connectivity index (χ4n) is 8.57. The summed E-state index contributed by atoms with van der Waals surface area (Å²) in [5, 5.41) is 26.1. The Kier molecular flexibility index (Phi) is 8.69. The Bertz CT molecular complexity index is 1330. The molecule has 3 N–H and O–H groups in total. The Balaban J connectivity index is 1.12. The summed E-state index contributed by atoms with van der Waals surface area (Å²) < 4.78 is 10.4. The number of fused-ring (bicyclic) bond motifs is 5. The maximum Gasteiger partial charge on any atom is 0.306 e. The number of nitrogens with one attached hydrogen (secondary N) is 1. The molecule has 232 valence electrons. The van der Waals surface area contributed by atoms with E-state index in [0.29, 0.717) is 19.4 Å². The number of aliphatic hydroxyl groups is 2. The minimum absolute atomic E-state index is 0.0107. The molecule has 0 unspecified atom stereocenters. The first-order valence-electron chi connectivity index (χ1n) is 15.3. The van der Waals surface area contributed by atoms with E-state index in [4.69, 9.17) is 9.47 Å². The molecule has 0 bridgehead atoms. The molecule has 0 aromatic heterocycles. The van der Waals surface area contributed by atoms with Crippen molar-refractivity contribution >= 4 is 23.4 Å². The first kappa shape index (κ1) is 31.1. The lowest BCUT2D eigenvalue weighted by Crippen LogP contribution is -2.61. The van der Waals surface area contributed by atoms with Crippen molar-refractivity contribution in [2.45, 2.75) is 76.9 Å². The Morgan fingerprint density at radius 2 is 1.84 bits per heavy atom. The Morgan fingerprint density at radius 1 is 1.09 bits per heavy atom. The molecule has 7 atom stereocenters. The van der Waals surface area contributed by atoms with E-state index in [1.165, 1.54) is 0 Å². The number of hydrogen-bond acceptors (Lipinski definition) is 8. The van der Waals surface area contributed by atoms with Crippen molar-refractivity contribution in [2.75, 3.05) is 20.3 Å². The van der Waals surface area contributed by atoms with Crippen molar-refractivity contribution in [3.8, 4) is 5.75 Å². The van der Waals surface area contributed by atoms with Crippen molar-refractivity contribution in [2.24, 2.45) is 28.6 Å². The highest BCUT2D eigenvalue weighted by atomic mass is 16.5. The van der Waals surface area contributed by atoms with E-state index >= 15 is 0 Å². The molecular formula is C34H43NO8. The molecule has 3 saturated carbocycles. The molecule has 9 nitrogen and oxygen atoms in total. The van der Waals surface area contributed by atoms with E-state index in [-0.39, 0.29) is 55.1 Å². The molecule has 3 fully saturated rings. The second kappa shape index (κ2) is 12.0. The van der Waals surface area contributed by atoms with Crippen molar-refractivity contribution in [1.82, 2.24) is 5.32 Å². The van der Waals surface area contributed by atoms with Crippen molar-refractivity contribution in [3.63, 3.8) is 0 Å². The quantitative estimate of drug-likeness (QED) is 0.352. The zero-order chi connectivity index (χ0) is 31.0. The van der Waals surface area contributed by atoms with Crippen LogP contribution in [-0.4, -0.2) is 65.6 Å². The molecule has 0 heterocycles. The van der Waals surface area contributed by atoms with Crippen LogP contribution in [0, 0.1) is 28.6 Å². The van der Waals surface area contributed by atoms with Crippen LogP contribution in [0.5, 0.6) is 5.75 Å². The number of rotatable bonds is 10. The molecule has 1 aromatic carbocycles. The van der Waals surface area contributed by atoms with Gasteiger partial charge in [0.2, 0.25) is 11.7 Å². The van der Waals surface area contributed by atoms with Gasteiger partial charge in [0.1, 0.15) is 11.4 Å². The number of esters is 1. The highest BCUT2D eigenvalue weighted by Crippen LogP contribution is 2.67. The fraction of sp³-hybridized carbons (Fsp3) is 0.588. The van der Waals surface area contributed by atoms with Crippen molar-refractivity contribution in [3.05, 3.63) is 53.6 Å². The number of Topliss-reactive ketones (excluding diaryl/α,β-unsaturated/α-hetero) is 1. The van der Waals surface area contributed by atoms with Crippen LogP contribution in [0.2, 0.25) is 0 Å². The number of amides is 1. The van der Waals surface area contributed by atoms with E-state index in [0.717, 1.165) is 29.7 Å². The van der Waals surface area contributed by atoms with Crippen molar-refractivity contribution < 1.29 is 38.9 Å². The first-order chi connectivity index (χ1) is 20.4. The topological polar surface area (TPSA) is 139 Å². The van der Waals surface area contributed by atoms with Gasteiger partial charge in [-0.25, -0.2) is 0 Å². The van der Waals surface area contributed by atoms with Gasteiger partial charge in [-0.2, -0.15) is 0 Å². The number of ketones is 2. The van der Waals surface area contributed by atoms with E-state index in [9.17, 15) is 29.4 Å². The minimum Gasteiger partial charge on any atom is -0.497 e. The number of aliphatic hydroxyl groups excluding tert-OH is 1. The third-order valence-corrected chi connectivity index (χ3v) is 10.9. The molecular weight excluding hydrogens is 550 g/mol. The minimum atomic E-state index is -1.72. The van der Waals surface area contributed by atoms with Gasteiger partial charge in [0.25, 0.3) is 0 Å². The van der Waals surface area contributed by atoms with Gasteiger partial charge in [0, 0.05) is 29.7 Å². The molecule has 43 heavy (non-hydrogen) atoms. The summed E-state index contributed by atoms with van der Waals surface area (Å²) in [6, 6.07) is 7.55. The Morgan fingerprint density at radius 3 is 2.56 bits per heavy atom. The lowest BCUT2D eigenvalue weighted by Gasteiger charge is -2.59. The fourth-order valence-corrected chi connectivity index (χ4v) is 8.57. The average Bonchev–Trinajstić information content (AvgIpc) is 3.25. The largest absolute Gasteiger partial charge is 0.497 e. The molecule has 1 amide bonds. The van der Waals surface area contributed by atoms with E-state index in [1.807, 2.05) is 37.3 Å². The van der Waals surface area contributed by atoms with Crippen LogP contribution in [0.3, 0.4) is 0 Å². The van der Waals surface area contributed by atoms with E-state index in [2.05, 4.69) is 12.2 Å². The number of carbonyl (C=O) groups is 4. The SMILES string of the molecule is COc1ccc(CCNC(=O)CCC(=O)OCC(=O)[C@@]2(O)CC[C@@H]3[C@@H]4CCC5=CC(=O)C=C[C@]5(C)[C@H]4[C@H](O)C[C@@]32C)cc1. The maximum absolute atomic E-state index is 13.4. The Labute approximate surface area is 252 Å². The third kappa shape index (κ3) is 5.69. The first-order valence-corrected chi connectivity index (χ1v) is 15.3. The molecule has 0 spiro atoms. The highest BCUT2D eigenvalue weighted by molar-refractivity contribution is 6.01. The van der Waals surface area contributed by atoms with Crippen LogP contribution >= 0.6 is 0 Å². The average molecular weight is 594 g/mol. The van der Waals surface area contributed by atoms with Gasteiger partial charge in [-0.3, -0.25) is 19.2 Å². The third-order valence-electron chi connectivity index (χ3n) is 10.9. The number of allylic oxidation sites excluding steroid dienone is 4. The van der Waals surface area contributed by atoms with Crippen molar-refractivity contribution in [1.29, 1.82) is 0 Å². The number of ether oxygens (including phenoxy) is 2. The number of carbonyl (C=O) groups excluding carboxylic acids is 4. The summed E-state index contributed by atoms with van der Waals surface area (Å²) >= 11 is 0. The van der Waals surface area contributed by atoms with Crippen LogP contribution in [0.4, 0.5) is 0 Å². The summed E-state index contributed by atoms with van der Waals surface area (Å²) in [4.78, 5) is 50.1. The highest BCUT2D eigenvalue weighted by Gasteiger charge is 2.68. The summed E-state index contributed by atoms with van der Waals surface area (Å²) in [5.74, 6) is -0.805. The zero-order valence-corrected chi connectivity index (χ0v) is 25.3. The molecule has 0 radical (unpaired) electrons. The molecule has 5 rings (SSSR count). The normalized spacial score (nSPS) is 34.3. The lowest BCUT2D eigenvalue weighted by molar-refractivity contribution is -0.181. The summed E-state index contributed by atoms with van der Waals surface area (Å²) in [5.41, 5.74) is -0.932. The van der Waals surface area contributed by atoms with Crippen LogP contribution < -0.4 is 10.1 Å². The monoisotopic (exact) mass is 593 g/mol. The predicted molar refractivity (Wildman–Crippen MR) is 158 cm³/mol. The maximum atomic E-state index is 13.4. The molecule has 4 aliphatic rings. The predicted octanol–water partition coefficient (Wildman–Crippen LogP) is 3.26. The summed E-state index contributed by atoms with van der Waals surface area (Å²) in [6.07, 6.45) is 7.50. The summed E-state index contributed by atoms with van der Waals surface area (Å²) in [6.45, 7) is 3.81. The van der Waals surface area contributed by atoms with Crippen LogP contribution in [0.25, 0.3) is 0 Å². The van der Waals surface area contributed by atoms with Gasteiger partial charge in [-0.05, 0) is 80.2 Å². The van der Waals surface area contributed by atoms with Crippen LogP contribution in [0.1, 0.15) is 64.4 Å². The van der Waals surface area contributed by atoms with Gasteiger partial charge < -0.3 is 25.0 Å². The van der Waals surface area contributed by atoms with Crippen LogP contribution in [0.15, 0.2) is 48.1 Å².